The van der Waals surface area contributed by atoms with Gasteiger partial charge in [0.1, 0.15) is 6.10 Å². The van der Waals surface area contributed by atoms with Gasteiger partial charge in [-0.25, -0.2) is 4.79 Å². The first-order valence-electron chi connectivity index (χ1n) is 3.89. The second-order valence-corrected chi connectivity index (χ2v) is 3.65. The highest BCUT2D eigenvalue weighted by Crippen LogP contribution is 2.20. The summed E-state index contributed by atoms with van der Waals surface area (Å²) in [6, 6.07) is 0. The summed E-state index contributed by atoms with van der Waals surface area (Å²) in [5, 5.41) is 35.0. The molecule has 1 aliphatic rings. The first kappa shape index (κ1) is 15.6. The van der Waals surface area contributed by atoms with E-state index in [1.165, 1.54) is 0 Å². The molecule has 10 nitrogen and oxygen atoms in total. The minimum Gasteiger partial charge on any atom is -0.505 e. The molecule has 0 saturated heterocycles. The zero-order chi connectivity index (χ0) is 13.8. The van der Waals surface area contributed by atoms with E-state index in [-0.39, 0.29) is 0 Å². The van der Waals surface area contributed by atoms with Gasteiger partial charge in [0, 0.05) is 0 Å². The van der Waals surface area contributed by atoms with Gasteiger partial charge >= 0.3 is 16.4 Å². The second-order valence-electron chi connectivity index (χ2n) is 2.76. The number of hydrogen-bond donors (Lipinski definition) is 6. The second kappa shape index (κ2) is 5.79. The molecule has 2 atom stereocenters. The maximum atomic E-state index is 10.5. The highest BCUT2D eigenvalue weighted by atomic mass is 32.3. The lowest BCUT2D eigenvalue weighted by Gasteiger charge is -2.13. The maximum absolute atomic E-state index is 10.5. The molecule has 0 radical (unpaired) electrons. The third-order valence-corrected chi connectivity index (χ3v) is 1.48. The van der Waals surface area contributed by atoms with Crippen molar-refractivity contribution in [2.45, 2.75) is 12.2 Å². The fourth-order valence-electron chi connectivity index (χ4n) is 0.823. The van der Waals surface area contributed by atoms with Gasteiger partial charge in [0.05, 0.1) is 6.61 Å². The van der Waals surface area contributed by atoms with Crippen molar-refractivity contribution < 1.29 is 47.5 Å². The van der Waals surface area contributed by atoms with Crippen LogP contribution in [0, 0.1) is 0 Å². The Morgan fingerprint density at radius 1 is 1.29 bits per heavy atom. The molecule has 1 aliphatic heterocycles. The number of hydrogen-bond acceptors (Lipinski definition) is 8. The Kier molecular flexibility index (Phi) is 5.31. The molecule has 6 N–H and O–H groups in total. The van der Waals surface area contributed by atoms with E-state index in [4.69, 9.17) is 37.9 Å². The van der Waals surface area contributed by atoms with E-state index in [1.54, 1.807) is 0 Å². The van der Waals surface area contributed by atoms with Crippen molar-refractivity contribution in [1.29, 1.82) is 0 Å². The summed E-state index contributed by atoms with van der Waals surface area (Å²) < 4.78 is 35.9. The molecule has 0 fully saturated rings. The van der Waals surface area contributed by atoms with Crippen LogP contribution >= 0.6 is 0 Å². The number of aliphatic hydroxyl groups is 4. The fourth-order valence-corrected chi connectivity index (χ4v) is 0.823. The van der Waals surface area contributed by atoms with Gasteiger partial charge in [-0.2, -0.15) is 8.42 Å². The summed E-state index contributed by atoms with van der Waals surface area (Å²) >= 11 is 0. The minimum absolute atomic E-state index is 0.671. The van der Waals surface area contributed by atoms with Gasteiger partial charge < -0.3 is 25.2 Å². The predicted molar refractivity (Wildman–Crippen MR) is 49.4 cm³/mol. The SMILES string of the molecule is O=C1O[C@H](C(O)CO)C(O)=C1O.O=S(=O)(O)O. The molecule has 0 amide bonds. The van der Waals surface area contributed by atoms with E-state index in [1.807, 2.05) is 0 Å². The quantitative estimate of drug-likeness (QED) is 0.242. The number of carbonyl (C=O) groups excluding carboxylic acids is 1. The Labute approximate surface area is 95.0 Å². The lowest BCUT2D eigenvalue weighted by Crippen LogP contribution is -2.31. The molecule has 17 heavy (non-hydrogen) atoms. The van der Waals surface area contributed by atoms with Gasteiger partial charge in [-0.15, -0.1) is 0 Å². The Morgan fingerprint density at radius 2 is 1.71 bits per heavy atom. The first-order valence-corrected chi connectivity index (χ1v) is 5.29. The molecule has 1 rings (SSSR count). The average molecular weight is 274 g/mol. The summed E-state index contributed by atoms with van der Waals surface area (Å²) in [5.74, 6) is -2.78. The van der Waals surface area contributed by atoms with Crippen LogP contribution < -0.4 is 0 Å². The third kappa shape index (κ3) is 5.46. The van der Waals surface area contributed by atoms with E-state index in [0.717, 1.165) is 0 Å². The van der Waals surface area contributed by atoms with E-state index in [0.29, 0.717) is 0 Å². The number of cyclic esters (lactones) is 1. The van der Waals surface area contributed by atoms with Crippen LogP contribution in [0.1, 0.15) is 0 Å². The number of rotatable bonds is 2. The van der Waals surface area contributed by atoms with Gasteiger partial charge in [-0.05, 0) is 0 Å². The molecule has 0 aromatic carbocycles. The monoisotopic (exact) mass is 274 g/mol. The first-order chi connectivity index (χ1) is 7.57. The summed E-state index contributed by atoms with van der Waals surface area (Å²) in [6.07, 6.45) is -2.78. The van der Waals surface area contributed by atoms with Gasteiger partial charge in [0.25, 0.3) is 0 Å². The lowest BCUT2D eigenvalue weighted by atomic mass is 10.2. The van der Waals surface area contributed by atoms with E-state index in [9.17, 15) is 4.79 Å². The topological polar surface area (TPSA) is 182 Å². The number of carbonyl (C=O) groups is 1. The van der Waals surface area contributed by atoms with Crippen molar-refractivity contribution in [3.05, 3.63) is 11.5 Å². The number of aliphatic hydroxyl groups excluding tert-OH is 4. The van der Waals surface area contributed by atoms with Crippen LogP contribution in [0.25, 0.3) is 0 Å². The molecule has 1 unspecified atom stereocenters. The van der Waals surface area contributed by atoms with Gasteiger partial charge in [-0.3, -0.25) is 9.11 Å². The molecule has 0 aliphatic carbocycles. The Bertz CT molecular complexity index is 401. The molecule has 100 valence electrons. The van der Waals surface area contributed by atoms with E-state index in [2.05, 4.69) is 4.74 Å². The molecular formula is C6H10O10S. The number of esters is 1. The van der Waals surface area contributed by atoms with Crippen molar-refractivity contribution in [3.63, 3.8) is 0 Å². The summed E-state index contributed by atoms with van der Waals surface area (Å²) in [7, 11) is -4.67. The minimum atomic E-state index is -4.67. The molecule has 0 spiro atoms. The third-order valence-electron chi connectivity index (χ3n) is 1.48. The molecule has 0 aromatic rings. The molecule has 0 saturated carbocycles. The predicted octanol–water partition coefficient (Wildman–Crippen LogP) is -2.06. The normalized spacial score (nSPS) is 21.6. The van der Waals surface area contributed by atoms with E-state index < -0.39 is 46.7 Å². The Morgan fingerprint density at radius 3 is 1.94 bits per heavy atom. The number of ether oxygens (including phenoxy) is 1. The van der Waals surface area contributed by atoms with Crippen LogP contribution in [0.3, 0.4) is 0 Å². The van der Waals surface area contributed by atoms with Crippen LogP contribution in [-0.4, -0.2) is 62.7 Å². The van der Waals surface area contributed by atoms with Gasteiger partial charge in [0.15, 0.2) is 11.9 Å². The highest BCUT2D eigenvalue weighted by Gasteiger charge is 2.38. The highest BCUT2D eigenvalue weighted by molar-refractivity contribution is 7.79. The largest absolute Gasteiger partial charge is 0.505 e. The van der Waals surface area contributed by atoms with Crippen molar-refractivity contribution in [2.24, 2.45) is 0 Å². The van der Waals surface area contributed by atoms with Crippen LogP contribution in [0.4, 0.5) is 0 Å². The van der Waals surface area contributed by atoms with Crippen LogP contribution in [0.2, 0.25) is 0 Å². The maximum Gasteiger partial charge on any atom is 0.394 e. The Balaban J connectivity index is 0.000000437. The Hall–Kier alpha value is -1.40. The van der Waals surface area contributed by atoms with Crippen LogP contribution in [0.5, 0.6) is 0 Å². The van der Waals surface area contributed by atoms with Crippen LogP contribution in [-0.2, 0) is 19.9 Å². The van der Waals surface area contributed by atoms with Gasteiger partial charge in [-0.1, -0.05) is 0 Å². The van der Waals surface area contributed by atoms with Crippen molar-refractivity contribution in [3.8, 4) is 0 Å². The fraction of sp³-hybridized carbons (Fsp3) is 0.500. The van der Waals surface area contributed by atoms with Crippen molar-refractivity contribution >= 4 is 16.4 Å². The summed E-state index contributed by atoms with van der Waals surface area (Å²) in [4.78, 5) is 10.5. The van der Waals surface area contributed by atoms with Gasteiger partial charge in [0.2, 0.25) is 5.76 Å². The van der Waals surface area contributed by atoms with Crippen LogP contribution in [0.15, 0.2) is 11.5 Å². The van der Waals surface area contributed by atoms with Crippen molar-refractivity contribution in [1.82, 2.24) is 0 Å². The molecule has 0 bridgehead atoms. The average Bonchev–Trinajstić information content (AvgIpc) is 2.42. The standard InChI is InChI=1S/C6H8O6.H2O4S/c7-1-2(8)5-3(9)4(10)6(11)12-5;1-5(2,3)4/h2,5,7-10H,1H2;(H2,1,2,3,4)/t2?,5-;/m1./s1. The molecule has 11 heteroatoms. The van der Waals surface area contributed by atoms with Crippen molar-refractivity contribution in [2.75, 3.05) is 6.61 Å². The smallest absolute Gasteiger partial charge is 0.394 e. The zero-order valence-electron chi connectivity index (χ0n) is 8.09. The molecule has 1 heterocycles. The lowest BCUT2D eigenvalue weighted by molar-refractivity contribution is -0.147. The molecule has 0 aromatic heterocycles. The zero-order valence-corrected chi connectivity index (χ0v) is 8.90. The molecular weight excluding hydrogens is 264 g/mol. The summed E-state index contributed by atoms with van der Waals surface area (Å²) in [5.41, 5.74) is 0. The van der Waals surface area contributed by atoms with E-state index >= 15 is 0 Å². The summed E-state index contributed by atoms with van der Waals surface area (Å²) in [6.45, 7) is -0.671.